The number of hydrogen-bond acceptors (Lipinski definition) is 2. The fourth-order valence-electron chi connectivity index (χ4n) is 2.66. The van der Waals surface area contributed by atoms with Crippen LogP contribution in [0, 0.1) is 11.8 Å². The van der Waals surface area contributed by atoms with Crippen LogP contribution in [0.25, 0.3) is 0 Å². The van der Waals surface area contributed by atoms with Gasteiger partial charge in [0, 0.05) is 6.42 Å². The van der Waals surface area contributed by atoms with Crippen molar-refractivity contribution in [2.45, 2.75) is 58.0 Å². The topological polar surface area (TPSA) is 57.5 Å². The Bertz CT molecular complexity index is 203. The summed E-state index contributed by atoms with van der Waals surface area (Å²) in [5.74, 6) is -0.295. The zero-order chi connectivity index (χ0) is 11.3. The molecule has 3 nitrogen and oxygen atoms in total. The molecule has 1 rings (SSSR count). The highest BCUT2D eigenvalue weighted by atomic mass is 16.4. The summed E-state index contributed by atoms with van der Waals surface area (Å²) in [6.07, 6.45) is 6.11. The number of aliphatic carboxylic acids is 1. The van der Waals surface area contributed by atoms with Crippen molar-refractivity contribution in [3.05, 3.63) is 0 Å². The van der Waals surface area contributed by atoms with E-state index in [1.807, 2.05) is 0 Å². The number of hydrogen-bond donors (Lipinski definition) is 2. The molecule has 0 unspecified atom stereocenters. The molecule has 3 heteroatoms. The van der Waals surface area contributed by atoms with Gasteiger partial charge in [-0.1, -0.05) is 26.2 Å². The third kappa shape index (κ3) is 3.82. The molecule has 0 aromatic heterocycles. The van der Waals surface area contributed by atoms with Gasteiger partial charge in [0.25, 0.3) is 0 Å². The van der Waals surface area contributed by atoms with Crippen molar-refractivity contribution < 1.29 is 15.0 Å². The van der Waals surface area contributed by atoms with Crippen LogP contribution in [0.3, 0.4) is 0 Å². The molecule has 1 saturated carbocycles. The maximum Gasteiger partial charge on any atom is 0.303 e. The van der Waals surface area contributed by atoms with Crippen LogP contribution in [-0.4, -0.2) is 22.3 Å². The first-order chi connectivity index (χ1) is 7.15. The molecule has 0 spiro atoms. The van der Waals surface area contributed by atoms with Crippen molar-refractivity contribution in [3.8, 4) is 0 Å². The lowest BCUT2D eigenvalue weighted by molar-refractivity contribution is -0.138. The Morgan fingerprint density at radius 3 is 2.67 bits per heavy atom. The van der Waals surface area contributed by atoms with Gasteiger partial charge in [-0.15, -0.1) is 0 Å². The van der Waals surface area contributed by atoms with Crippen LogP contribution in [0.5, 0.6) is 0 Å². The first kappa shape index (κ1) is 12.5. The molecule has 0 bridgehead atoms. The molecule has 1 fully saturated rings. The van der Waals surface area contributed by atoms with E-state index in [2.05, 4.69) is 6.92 Å². The van der Waals surface area contributed by atoms with Gasteiger partial charge in [0.05, 0.1) is 6.10 Å². The highest BCUT2D eigenvalue weighted by Crippen LogP contribution is 2.37. The number of carboxylic acid groups (broad SMARTS) is 1. The normalized spacial score (nSPS) is 30.7. The SMILES string of the molecule is CCCCC[C@H]1[C@H](CC(=O)O)CC[C@@H]1O. The summed E-state index contributed by atoms with van der Waals surface area (Å²) >= 11 is 0. The van der Waals surface area contributed by atoms with Gasteiger partial charge >= 0.3 is 5.97 Å². The Labute approximate surface area is 91.5 Å². The Morgan fingerprint density at radius 1 is 1.33 bits per heavy atom. The first-order valence-electron chi connectivity index (χ1n) is 6.05. The van der Waals surface area contributed by atoms with Crippen LogP contribution >= 0.6 is 0 Å². The quantitative estimate of drug-likeness (QED) is 0.668. The maximum absolute atomic E-state index is 10.7. The largest absolute Gasteiger partial charge is 0.481 e. The molecule has 88 valence electrons. The lowest BCUT2D eigenvalue weighted by atomic mass is 9.87. The summed E-state index contributed by atoms with van der Waals surface area (Å²) in [5, 5.41) is 18.5. The molecule has 1 aliphatic carbocycles. The van der Waals surface area contributed by atoms with Crippen LogP contribution in [-0.2, 0) is 4.79 Å². The van der Waals surface area contributed by atoms with Crippen LogP contribution < -0.4 is 0 Å². The van der Waals surface area contributed by atoms with E-state index in [-0.39, 0.29) is 24.4 Å². The smallest absolute Gasteiger partial charge is 0.303 e. The summed E-state index contributed by atoms with van der Waals surface area (Å²) in [4.78, 5) is 10.7. The molecule has 0 amide bonds. The third-order valence-corrected chi connectivity index (χ3v) is 3.51. The van der Waals surface area contributed by atoms with Gasteiger partial charge in [-0.3, -0.25) is 4.79 Å². The first-order valence-corrected chi connectivity index (χ1v) is 6.05. The summed E-state index contributed by atoms with van der Waals surface area (Å²) in [6, 6.07) is 0. The number of carbonyl (C=O) groups is 1. The third-order valence-electron chi connectivity index (χ3n) is 3.51. The number of aliphatic hydroxyl groups is 1. The number of unbranched alkanes of at least 4 members (excludes halogenated alkanes) is 2. The van der Waals surface area contributed by atoms with E-state index < -0.39 is 5.97 Å². The highest BCUT2D eigenvalue weighted by molar-refractivity contribution is 5.67. The molecular formula is C12H22O3. The maximum atomic E-state index is 10.7. The summed E-state index contributed by atoms with van der Waals surface area (Å²) in [6.45, 7) is 2.15. The van der Waals surface area contributed by atoms with E-state index in [9.17, 15) is 9.90 Å². The minimum atomic E-state index is -0.727. The van der Waals surface area contributed by atoms with Gasteiger partial charge in [-0.25, -0.2) is 0 Å². The van der Waals surface area contributed by atoms with Crippen LogP contribution in [0.1, 0.15) is 51.9 Å². The van der Waals surface area contributed by atoms with Crippen LogP contribution in [0.4, 0.5) is 0 Å². The number of aliphatic hydroxyl groups excluding tert-OH is 1. The molecule has 1 aliphatic rings. The average Bonchev–Trinajstić information content (AvgIpc) is 2.49. The average molecular weight is 214 g/mol. The molecule has 0 aliphatic heterocycles. The van der Waals surface area contributed by atoms with E-state index in [1.54, 1.807) is 0 Å². The second-order valence-electron chi connectivity index (χ2n) is 4.66. The van der Waals surface area contributed by atoms with E-state index in [0.29, 0.717) is 0 Å². The molecular weight excluding hydrogens is 192 g/mol. The summed E-state index contributed by atoms with van der Waals surface area (Å²) in [7, 11) is 0. The van der Waals surface area contributed by atoms with Gasteiger partial charge < -0.3 is 10.2 Å². The Balaban J connectivity index is 2.38. The molecule has 0 saturated heterocycles. The van der Waals surface area contributed by atoms with E-state index in [0.717, 1.165) is 25.7 Å². The molecule has 3 atom stereocenters. The van der Waals surface area contributed by atoms with Gasteiger partial charge in [-0.2, -0.15) is 0 Å². The Morgan fingerprint density at radius 2 is 2.07 bits per heavy atom. The van der Waals surface area contributed by atoms with Crippen molar-refractivity contribution >= 4 is 5.97 Å². The molecule has 15 heavy (non-hydrogen) atoms. The molecule has 0 heterocycles. The monoisotopic (exact) mass is 214 g/mol. The summed E-state index contributed by atoms with van der Waals surface area (Å²) < 4.78 is 0. The minimum absolute atomic E-state index is 0.203. The van der Waals surface area contributed by atoms with Crippen molar-refractivity contribution in [3.63, 3.8) is 0 Å². The molecule has 0 aromatic carbocycles. The predicted molar refractivity (Wildman–Crippen MR) is 58.6 cm³/mol. The lowest BCUT2D eigenvalue weighted by Crippen LogP contribution is -2.21. The standard InChI is InChI=1S/C12H22O3/c1-2-3-4-5-10-9(8-12(14)15)6-7-11(10)13/h9-11,13H,2-8H2,1H3,(H,14,15)/t9-,10-,11-/m0/s1. The Kier molecular flexibility index (Phi) is 5.09. The van der Waals surface area contributed by atoms with Gasteiger partial charge in [0.1, 0.15) is 0 Å². The fraction of sp³-hybridized carbons (Fsp3) is 0.917. The van der Waals surface area contributed by atoms with Crippen molar-refractivity contribution in [1.82, 2.24) is 0 Å². The highest BCUT2D eigenvalue weighted by Gasteiger charge is 2.35. The van der Waals surface area contributed by atoms with Gasteiger partial charge in [0.2, 0.25) is 0 Å². The number of carboxylic acids is 1. The van der Waals surface area contributed by atoms with Crippen LogP contribution in [0.2, 0.25) is 0 Å². The van der Waals surface area contributed by atoms with Crippen LogP contribution in [0.15, 0.2) is 0 Å². The van der Waals surface area contributed by atoms with Gasteiger partial charge in [-0.05, 0) is 31.1 Å². The van der Waals surface area contributed by atoms with Crippen molar-refractivity contribution in [1.29, 1.82) is 0 Å². The van der Waals surface area contributed by atoms with E-state index in [1.165, 1.54) is 12.8 Å². The van der Waals surface area contributed by atoms with Gasteiger partial charge in [0.15, 0.2) is 0 Å². The number of rotatable bonds is 6. The van der Waals surface area contributed by atoms with Crippen molar-refractivity contribution in [2.75, 3.05) is 0 Å². The zero-order valence-corrected chi connectivity index (χ0v) is 9.48. The minimum Gasteiger partial charge on any atom is -0.481 e. The Hall–Kier alpha value is -0.570. The van der Waals surface area contributed by atoms with E-state index >= 15 is 0 Å². The fourth-order valence-corrected chi connectivity index (χ4v) is 2.66. The molecule has 0 radical (unpaired) electrons. The summed E-state index contributed by atoms with van der Waals surface area (Å²) in [5.41, 5.74) is 0. The lowest BCUT2D eigenvalue weighted by Gasteiger charge is -2.20. The molecule has 2 N–H and O–H groups in total. The second kappa shape index (κ2) is 6.11. The predicted octanol–water partition coefficient (Wildman–Crippen LogP) is 2.43. The second-order valence-corrected chi connectivity index (χ2v) is 4.66. The van der Waals surface area contributed by atoms with Crippen molar-refractivity contribution in [2.24, 2.45) is 11.8 Å². The molecule has 0 aromatic rings. The zero-order valence-electron chi connectivity index (χ0n) is 9.48. The van der Waals surface area contributed by atoms with E-state index in [4.69, 9.17) is 5.11 Å².